The van der Waals surface area contributed by atoms with Gasteiger partial charge in [-0.2, -0.15) is 0 Å². The maximum Gasteiger partial charge on any atom is -0.0171 e. The predicted octanol–water partition coefficient (Wildman–Crippen LogP) is 4.58. The molecule has 4 atom stereocenters. The van der Waals surface area contributed by atoms with Gasteiger partial charge in [-0.3, -0.25) is 0 Å². The lowest BCUT2D eigenvalue weighted by Gasteiger charge is -2.45. The van der Waals surface area contributed by atoms with E-state index >= 15 is 0 Å². The highest BCUT2D eigenvalue weighted by Crippen LogP contribution is 2.49. The smallest absolute Gasteiger partial charge is 0.0171 e. The molecule has 2 aliphatic carbocycles. The number of fused-ring (bicyclic) bond motifs is 1. The molecule has 0 spiro atoms. The van der Waals surface area contributed by atoms with E-state index in [4.69, 9.17) is 0 Å². The molecule has 0 aromatic heterocycles. The number of hydrogen-bond donors (Lipinski definition) is 0. The van der Waals surface area contributed by atoms with Gasteiger partial charge in [0.25, 0.3) is 0 Å². The molecule has 2 fully saturated rings. The van der Waals surface area contributed by atoms with Gasteiger partial charge in [-0.05, 0) is 56.3 Å². The molecule has 0 heteroatoms. The van der Waals surface area contributed by atoms with E-state index in [0.29, 0.717) is 0 Å². The minimum Gasteiger partial charge on any atom is -0.0998 e. The minimum absolute atomic E-state index is 0.781. The molecule has 0 bridgehead atoms. The van der Waals surface area contributed by atoms with Crippen LogP contribution in [0.25, 0.3) is 0 Å². The van der Waals surface area contributed by atoms with Gasteiger partial charge in [0.15, 0.2) is 0 Å². The number of allylic oxidation sites excluding steroid dienone is 2. The summed E-state index contributed by atoms with van der Waals surface area (Å²) in [7, 11) is 0. The second kappa shape index (κ2) is 4.15. The normalized spacial score (nSPS) is 41.1. The number of hydrogen-bond acceptors (Lipinski definition) is 0. The first-order valence-electron chi connectivity index (χ1n) is 6.42. The molecule has 0 heterocycles. The molecule has 2 aliphatic rings. The molecule has 0 nitrogen and oxygen atoms in total. The summed E-state index contributed by atoms with van der Waals surface area (Å²) < 4.78 is 0. The van der Waals surface area contributed by atoms with Gasteiger partial charge in [-0.1, -0.05) is 37.6 Å². The van der Waals surface area contributed by atoms with Gasteiger partial charge >= 0.3 is 0 Å². The minimum atomic E-state index is 0.781. The van der Waals surface area contributed by atoms with Gasteiger partial charge < -0.3 is 0 Å². The average molecular weight is 204 g/mol. The fourth-order valence-electron chi connectivity index (χ4n) is 3.73. The van der Waals surface area contributed by atoms with E-state index in [1.807, 2.05) is 0 Å². The molecule has 0 amide bonds. The maximum absolute atomic E-state index is 4.29. The summed E-state index contributed by atoms with van der Waals surface area (Å²) in [4.78, 5) is 0. The van der Waals surface area contributed by atoms with Crippen molar-refractivity contribution in [2.45, 2.75) is 46.0 Å². The van der Waals surface area contributed by atoms with Crippen molar-refractivity contribution < 1.29 is 0 Å². The summed E-state index contributed by atoms with van der Waals surface area (Å²) in [6.45, 7) is 13.1. The Hall–Kier alpha value is -0.520. The standard InChI is InChI=1S/C15H24/c1-10(2)13-8-6-12(4)14-7-5-11(3)9-15(13)14/h11,13-15H,1,4-9H2,2-3H3/t11-,13+,14-,15-/m0/s1. The molecule has 0 aromatic rings. The van der Waals surface area contributed by atoms with E-state index in [1.165, 1.54) is 43.3 Å². The Kier molecular flexibility index (Phi) is 3.04. The SMILES string of the molecule is C=C(C)[C@H]1CCC(=C)[C@@H]2CC[C@H](C)C[C@@H]12. The van der Waals surface area contributed by atoms with Crippen LogP contribution in [0.5, 0.6) is 0 Å². The van der Waals surface area contributed by atoms with E-state index in [2.05, 4.69) is 27.0 Å². The van der Waals surface area contributed by atoms with Crippen LogP contribution in [-0.4, -0.2) is 0 Å². The zero-order valence-corrected chi connectivity index (χ0v) is 10.3. The van der Waals surface area contributed by atoms with E-state index in [-0.39, 0.29) is 0 Å². The predicted molar refractivity (Wildman–Crippen MR) is 66.7 cm³/mol. The fraction of sp³-hybridized carbons (Fsp3) is 0.733. The van der Waals surface area contributed by atoms with Gasteiger partial charge in [0.05, 0.1) is 0 Å². The van der Waals surface area contributed by atoms with Crippen molar-refractivity contribution in [3.8, 4) is 0 Å². The molecule has 0 radical (unpaired) electrons. The van der Waals surface area contributed by atoms with Crippen molar-refractivity contribution in [3.63, 3.8) is 0 Å². The van der Waals surface area contributed by atoms with Crippen LogP contribution in [0.2, 0.25) is 0 Å². The lowest BCUT2D eigenvalue weighted by Crippen LogP contribution is -2.35. The number of rotatable bonds is 1. The molecule has 0 saturated heterocycles. The Morgan fingerprint density at radius 2 is 2.00 bits per heavy atom. The zero-order valence-electron chi connectivity index (χ0n) is 10.3. The highest BCUT2D eigenvalue weighted by Gasteiger charge is 2.38. The quantitative estimate of drug-likeness (QED) is 0.548. The average Bonchev–Trinajstić information content (AvgIpc) is 2.17. The van der Waals surface area contributed by atoms with E-state index < -0.39 is 0 Å². The Labute approximate surface area is 94.5 Å². The van der Waals surface area contributed by atoms with Crippen LogP contribution in [0.3, 0.4) is 0 Å². The summed E-state index contributed by atoms with van der Waals surface area (Å²) in [5, 5.41) is 0. The lowest BCUT2D eigenvalue weighted by atomic mass is 9.60. The van der Waals surface area contributed by atoms with E-state index in [1.54, 1.807) is 0 Å². The molecule has 84 valence electrons. The molecule has 0 aliphatic heterocycles. The van der Waals surface area contributed by atoms with Crippen molar-refractivity contribution in [1.82, 2.24) is 0 Å². The fourth-order valence-corrected chi connectivity index (χ4v) is 3.73. The molecule has 0 aromatic carbocycles. The largest absolute Gasteiger partial charge is 0.0998 e. The molecule has 2 rings (SSSR count). The Balaban J connectivity index is 2.17. The lowest BCUT2D eigenvalue weighted by molar-refractivity contribution is 0.136. The Morgan fingerprint density at radius 3 is 2.67 bits per heavy atom. The molecule has 0 unspecified atom stereocenters. The second-order valence-electron chi connectivity index (χ2n) is 5.84. The first-order chi connectivity index (χ1) is 7.09. The van der Waals surface area contributed by atoms with Gasteiger partial charge in [-0.25, -0.2) is 0 Å². The van der Waals surface area contributed by atoms with Crippen LogP contribution in [0.4, 0.5) is 0 Å². The Bertz CT molecular complexity index is 272. The van der Waals surface area contributed by atoms with Crippen molar-refractivity contribution in [3.05, 3.63) is 24.3 Å². The molecule has 0 N–H and O–H groups in total. The van der Waals surface area contributed by atoms with Crippen molar-refractivity contribution in [2.75, 3.05) is 0 Å². The van der Waals surface area contributed by atoms with Crippen LogP contribution in [0.15, 0.2) is 24.3 Å². The first kappa shape index (κ1) is 11.0. The van der Waals surface area contributed by atoms with Gasteiger partial charge in [0, 0.05) is 0 Å². The molecular formula is C15H24. The van der Waals surface area contributed by atoms with E-state index in [9.17, 15) is 0 Å². The first-order valence-corrected chi connectivity index (χ1v) is 6.42. The third-order valence-electron chi connectivity index (χ3n) is 4.61. The van der Waals surface area contributed by atoms with Crippen molar-refractivity contribution >= 4 is 0 Å². The van der Waals surface area contributed by atoms with Crippen molar-refractivity contribution in [2.24, 2.45) is 23.7 Å². The van der Waals surface area contributed by atoms with Crippen LogP contribution < -0.4 is 0 Å². The summed E-state index contributed by atoms with van der Waals surface area (Å²) in [5.41, 5.74) is 2.94. The highest BCUT2D eigenvalue weighted by atomic mass is 14.4. The van der Waals surface area contributed by atoms with Crippen LogP contribution in [-0.2, 0) is 0 Å². The Morgan fingerprint density at radius 1 is 1.27 bits per heavy atom. The van der Waals surface area contributed by atoms with Crippen LogP contribution in [0.1, 0.15) is 46.0 Å². The molecule has 2 saturated carbocycles. The summed E-state index contributed by atoms with van der Waals surface area (Å²) in [6, 6.07) is 0. The summed E-state index contributed by atoms with van der Waals surface area (Å²) in [5.74, 6) is 3.38. The third kappa shape index (κ3) is 2.04. The topological polar surface area (TPSA) is 0 Å². The highest BCUT2D eigenvalue weighted by molar-refractivity contribution is 5.15. The van der Waals surface area contributed by atoms with Crippen molar-refractivity contribution in [1.29, 1.82) is 0 Å². The van der Waals surface area contributed by atoms with E-state index in [0.717, 1.165) is 23.7 Å². The monoisotopic (exact) mass is 204 g/mol. The summed E-state index contributed by atoms with van der Waals surface area (Å²) in [6.07, 6.45) is 6.74. The zero-order chi connectivity index (χ0) is 11.0. The van der Waals surface area contributed by atoms with Gasteiger partial charge in [-0.15, -0.1) is 0 Å². The molecular weight excluding hydrogens is 180 g/mol. The van der Waals surface area contributed by atoms with Gasteiger partial charge in [0.1, 0.15) is 0 Å². The summed E-state index contributed by atoms with van der Waals surface area (Å²) >= 11 is 0. The second-order valence-corrected chi connectivity index (χ2v) is 5.84. The van der Waals surface area contributed by atoms with Crippen LogP contribution >= 0.6 is 0 Å². The van der Waals surface area contributed by atoms with Gasteiger partial charge in [0.2, 0.25) is 0 Å². The maximum atomic E-state index is 4.29. The van der Waals surface area contributed by atoms with Crippen LogP contribution in [0, 0.1) is 23.7 Å². The molecule has 15 heavy (non-hydrogen) atoms. The third-order valence-corrected chi connectivity index (χ3v) is 4.61.